The van der Waals surface area contributed by atoms with Gasteiger partial charge in [0, 0.05) is 13.0 Å². The van der Waals surface area contributed by atoms with Crippen molar-refractivity contribution in [2.45, 2.75) is 13.0 Å². The summed E-state index contributed by atoms with van der Waals surface area (Å²) in [4.78, 5) is 0. The van der Waals surface area contributed by atoms with Gasteiger partial charge in [-0.05, 0) is 29.8 Å². The molecular weight excluding hydrogens is 257 g/mol. The molecule has 0 saturated carbocycles. The summed E-state index contributed by atoms with van der Waals surface area (Å²) in [5.41, 5.74) is 6.19. The second-order valence-corrected chi connectivity index (χ2v) is 4.33. The summed E-state index contributed by atoms with van der Waals surface area (Å²) >= 11 is 0. The number of hydrogen-bond donors (Lipinski definition) is 1. The van der Waals surface area contributed by atoms with Gasteiger partial charge in [0.1, 0.15) is 5.75 Å². The van der Waals surface area contributed by atoms with Crippen molar-refractivity contribution in [3.63, 3.8) is 0 Å². The minimum atomic E-state index is -0.378. The van der Waals surface area contributed by atoms with Crippen molar-refractivity contribution < 1.29 is 13.9 Å². The molecule has 0 atom stereocenters. The van der Waals surface area contributed by atoms with Crippen LogP contribution in [0.5, 0.6) is 11.5 Å². The highest BCUT2D eigenvalue weighted by Gasteiger charge is 2.04. The number of rotatable bonds is 7. The van der Waals surface area contributed by atoms with Gasteiger partial charge in [0.2, 0.25) is 0 Å². The van der Waals surface area contributed by atoms with E-state index < -0.39 is 0 Å². The van der Waals surface area contributed by atoms with Gasteiger partial charge >= 0.3 is 0 Å². The highest BCUT2D eigenvalue weighted by atomic mass is 19.1. The molecule has 0 saturated heterocycles. The molecule has 2 aromatic carbocycles. The van der Waals surface area contributed by atoms with Crippen LogP contribution >= 0.6 is 0 Å². The predicted molar refractivity (Wildman–Crippen MR) is 76.3 cm³/mol. The van der Waals surface area contributed by atoms with E-state index in [1.54, 1.807) is 12.1 Å². The Labute approximate surface area is 118 Å². The van der Waals surface area contributed by atoms with Crippen LogP contribution in [0.3, 0.4) is 0 Å². The van der Waals surface area contributed by atoms with Crippen molar-refractivity contribution in [2.24, 2.45) is 5.73 Å². The van der Waals surface area contributed by atoms with E-state index in [-0.39, 0.29) is 11.6 Å². The van der Waals surface area contributed by atoms with Crippen molar-refractivity contribution in [1.29, 1.82) is 0 Å². The first-order valence-corrected chi connectivity index (χ1v) is 6.59. The molecule has 0 fully saturated rings. The molecule has 0 radical (unpaired) electrons. The largest absolute Gasteiger partial charge is 0.493 e. The molecule has 4 heteroatoms. The van der Waals surface area contributed by atoms with E-state index in [4.69, 9.17) is 15.2 Å². The number of ether oxygens (including phenoxy) is 2. The van der Waals surface area contributed by atoms with Gasteiger partial charge in [0.15, 0.2) is 11.6 Å². The summed E-state index contributed by atoms with van der Waals surface area (Å²) < 4.78 is 24.5. The van der Waals surface area contributed by atoms with Gasteiger partial charge < -0.3 is 15.2 Å². The van der Waals surface area contributed by atoms with E-state index in [1.807, 2.05) is 30.3 Å². The van der Waals surface area contributed by atoms with Crippen molar-refractivity contribution in [1.82, 2.24) is 0 Å². The lowest BCUT2D eigenvalue weighted by molar-refractivity contribution is 0.241. The van der Waals surface area contributed by atoms with E-state index in [9.17, 15) is 4.39 Å². The van der Waals surface area contributed by atoms with Crippen molar-refractivity contribution in [3.05, 3.63) is 59.9 Å². The highest BCUT2D eigenvalue weighted by molar-refractivity contribution is 5.29. The van der Waals surface area contributed by atoms with E-state index in [1.165, 1.54) is 6.07 Å². The molecule has 0 aliphatic carbocycles. The molecule has 0 amide bonds. The first-order valence-electron chi connectivity index (χ1n) is 6.59. The zero-order valence-corrected chi connectivity index (χ0v) is 11.2. The summed E-state index contributed by atoms with van der Waals surface area (Å²) in [6, 6.07) is 14.3. The molecule has 106 valence electrons. The Balaban J connectivity index is 1.71. The van der Waals surface area contributed by atoms with E-state index >= 15 is 0 Å². The molecule has 2 rings (SSSR count). The van der Waals surface area contributed by atoms with Gasteiger partial charge in [-0.1, -0.05) is 24.3 Å². The maximum absolute atomic E-state index is 13.6. The van der Waals surface area contributed by atoms with Crippen LogP contribution in [-0.4, -0.2) is 13.2 Å². The van der Waals surface area contributed by atoms with E-state index in [0.29, 0.717) is 26.2 Å². The van der Waals surface area contributed by atoms with Gasteiger partial charge in [-0.15, -0.1) is 0 Å². The third-order valence-electron chi connectivity index (χ3n) is 2.79. The van der Waals surface area contributed by atoms with Crippen LogP contribution < -0.4 is 15.2 Å². The topological polar surface area (TPSA) is 44.5 Å². The minimum Gasteiger partial charge on any atom is -0.493 e. The fourth-order valence-electron chi connectivity index (χ4n) is 1.74. The molecule has 0 heterocycles. The Hall–Kier alpha value is -2.07. The van der Waals surface area contributed by atoms with E-state index in [2.05, 4.69) is 0 Å². The molecule has 0 aliphatic heterocycles. The number of halogens is 1. The number of benzene rings is 2. The van der Waals surface area contributed by atoms with Crippen molar-refractivity contribution in [2.75, 3.05) is 13.2 Å². The monoisotopic (exact) mass is 275 g/mol. The summed E-state index contributed by atoms with van der Waals surface area (Å²) in [5.74, 6) is 0.699. The SMILES string of the molecule is NCc1ccc(OCCCOc2ccccc2)c(F)c1. The number of nitrogens with two attached hydrogens (primary N) is 1. The maximum Gasteiger partial charge on any atom is 0.165 e. The van der Waals surface area contributed by atoms with Crippen LogP contribution in [0.1, 0.15) is 12.0 Å². The Morgan fingerprint density at radius 3 is 2.40 bits per heavy atom. The zero-order valence-electron chi connectivity index (χ0n) is 11.2. The second-order valence-electron chi connectivity index (χ2n) is 4.33. The smallest absolute Gasteiger partial charge is 0.165 e. The van der Waals surface area contributed by atoms with Gasteiger partial charge in [0.05, 0.1) is 13.2 Å². The zero-order chi connectivity index (χ0) is 14.2. The molecule has 3 nitrogen and oxygen atoms in total. The standard InChI is InChI=1S/C16H18FNO2/c17-15-11-13(12-18)7-8-16(15)20-10-4-9-19-14-5-2-1-3-6-14/h1-3,5-8,11H,4,9-10,12,18H2. The van der Waals surface area contributed by atoms with Crippen LogP contribution in [-0.2, 0) is 6.54 Å². The normalized spacial score (nSPS) is 10.3. The lowest BCUT2D eigenvalue weighted by Crippen LogP contribution is -2.06. The Bertz CT molecular complexity index is 531. The number of para-hydroxylation sites is 1. The maximum atomic E-state index is 13.6. The van der Waals surface area contributed by atoms with Crippen LogP contribution in [0, 0.1) is 5.82 Å². The fraction of sp³-hybridized carbons (Fsp3) is 0.250. The Morgan fingerprint density at radius 2 is 1.70 bits per heavy atom. The fourth-order valence-corrected chi connectivity index (χ4v) is 1.74. The summed E-state index contributed by atoms with van der Waals surface area (Å²) in [6.07, 6.45) is 0.687. The van der Waals surface area contributed by atoms with Crippen molar-refractivity contribution >= 4 is 0 Å². The summed E-state index contributed by atoms with van der Waals surface area (Å²) in [5, 5.41) is 0. The molecule has 20 heavy (non-hydrogen) atoms. The molecule has 0 bridgehead atoms. The third-order valence-corrected chi connectivity index (χ3v) is 2.79. The van der Waals surface area contributed by atoms with Crippen molar-refractivity contribution in [3.8, 4) is 11.5 Å². The minimum absolute atomic E-state index is 0.252. The molecule has 0 unspecified atom stereocenters. The molecule has 2 aromatic rings. The lowest BCUT2D eigenvalue weighted by atomic mass is 10.2. The molecular formula is C16H18FNO2. The average molecular weight is 275 g/mol. The van der Waals surface area contributed by atoms with Gasteiger partial charge in [0.25, 0.3) is 0 Å². The molecule has 0 aromatic heterocycles. The van der Waals surface area contributed by atoms with Gasteiger partial charge in [-0.2, -0.15) is 0 Å². The van der Waals surface area contributed by atoms with E-state index in [0.717, 1.165) is 11.3 Å². The van der Waals surface area contributed by atoms with Crippen LogP contribution in [0.15, 0.2) is 48.5 Å². The van der Waals surface area contributed by atoms with Gasteiger partial charge in [-0.3, -0.25) is 0 Å². The lowest BCUT2D eigenvalue weighted by Gasteiger charge is -2.09. The molecule has 0 spiro atoms. The quantitative estimate of drug-likeness (QED) is 0.790. The Kier molecular flexibility index (Phi) is 5.38. The van der Waals surface area contributed by atoms with Crippen LogP contribution in [0.2, 0.25) is 0 Å². The van der Waals surface area contributed by atoms with Gasteiger partial charge in [-0.25, -0.2) is 4.39 Å². The van der Waals surface area contributed by atoms with Crippen LogP contribution in [0.4, 0.5) is 4.39 Å². The highest BCUT2D eigenvalue weighted by Crippen LogP contribution is 2.18. The Morgan fingerprint density at radius 1 is 0.950 bits per heavy atom. The molecule has 0 aliphatic rings. The summed E-state index contributed by atoms with van der Waals surface area (Å²) in [7, 11) is 0. The second kappa shape index (κ2) is 7.50. The summed E-state index contributed by atoms with van der Waals surface area (Å²) in [6.45, 7) is 1.26. The average Bonchev–Trinajstić information content (AvgIpc) is 2.49. The first-order chi connectivity index (χ1) is 9.79. The third kappa shape index (κ3) is 4.24. The first kappa shape index (κ1) is 14.3. The molecule has 2 N–H and O–H groups in total. The predicted octanol–water partition coefficient (Wildman–Crippen LogP) is 3.13. The number of hydrogen-bond acceptors (Lipinski definition) is 3. The van der Waals surface area contributed by atoms with Crippen LogP contribution in [0.25, 0.3) is 0 Å².